The van der Waals surface area contributed by atoms with Gasteiger partial charge in [0.15, 0.2) is 0 Å². The maximum Gasteiger partial charge on any atom is 0.234 e. The number of imide groups is 1. The number of amidine groups is 1. The summed E-state index contributed by atoms with van der Waals surface area (Å²) >= 11 is 3.20. The number of hydrogen-bond acceptors (Lipinski definition) is 4. The van der Waals surface area contributed by atoms with Crippen molar-refractivity contribution in [2.24, 2.45) is 5.92 Å². The van der Waals surface area contributed by atoms with Crippen molar-refractivity contribution in [2.75, 3.05) is 18.4 Å². The molecule has 7 heteroatoms. The predicted molar refractivity (Wildman–Crippen MR) is 67.3 cm³/mol. The zero-order chi connectivity index (χ0) is 13.3. The van der Waals surface area contributed by atoms with Crippen LogP contribution < -0.4 is 0 Å². The SMILES string of the molecule is N=C1CCC(=O)N1CC1CC(=O)N(CCBr)C1=O. The van der Waals surface area contributed by atoms with Gasteiger partial charge in [0.25, 0.3) is 0 Å². The third kappa shape index (κ3) is 2.31. The summed E-state index contributed by atoms with van der Waals surface area (Å²) in [6, 6.07) is 0. The number of amides is 3. The number of nitrogens with zero attached hydrogens (tertiary/aromatic N) is 2. The largest absolute Gasteiger partial charge is 0.300 e. The first-order valence-electron chi connectivity index (χ1n) is 5.82. The molecule has 2 aliphatic rings. The highest BCUT2D eigenvalue weighted by Crippen LogP contribution is 2.23. The van der Waals surface area contributed by atoms with Gasteiger partial charge < -0.3 is 0 Å². The summed E-state index contributed by atoms with van der Waals surface area (Å²) in [5, 5.41) is 8.19. The highest BCUT2D eigenvalue weighted by atomic mass is 79.9. The van der Waals surface area contributed by atoms with Crippen LogP contribution in [0.2, 0.25) is 0 Å². The molecule has 1 unspecified atom stereocenters. The number of carbonyl (C=O) groups is 3. The Kier molecular flexibility index (Phi) is 3.79. The fraction of sp³-hybridized carbons (Fsp3) is 0.636. The van der Waals surface area contributed by atoms with Crippen LogP contribution in [0.5, 0.6) is 0 Å². The molecule has 2 heterocycles. The molecule has 18 heavy (non-hydrogen) atoms. The van der Waals surface area contributed by atoms with Crippen LogP contribution >= 0.6 is 15.9 Å². The maximum atomic E-state index is 12.0. The summed E-state index contributed by atoms with van der Waals surface area (Å²) in [5.41, 5.74) is 0. The van der Waals surface area contributed by atoms with Crippen molar-refractivity contribution in [2.45, 2.75) is 19.3 Å². The van der Waals surface area contributed by atoms with Crippen molar-refractivity contribution in [3.63, 3.8) is 0 Å². The molecular formula is C11H14BrN3O3. The Morgan fingerprint density at radius 1 is 1.17 bits per heavy atom. The molecule has 0 aromatic heterocycles. The Morgan fingerprint density at radius 2 is 1.89 bits per heavy atom. The highest BCUT2D eigenvalue weighted by molar-refractivity contribution is 9.09. The van der Waals surface area contributed by atoms with Crippen molar-refractivity contribution < 1.29 is 14.4 Å². The smallest absolute Gasteiger partial charge is 0.234 e. The molecule has 0 bridgehead atoms. The third-order valence-electron chi connectivity index (χ3n) is 3.25. The van der Waals surface area contributed by atoms with E-state index in [0.29, 0.717) is 24.7 Å². The molecule has 0 spiro atoms. The summed E-state index contributed by atoms with van der Waals surface area (Å²) in [7, 11) is 0. The lowest BCUT2D eigenvalue weighted by Crippen LogP contribution is -2.38. The van der Waals surface area contributed by atoms with Crippen molar-refractivity contribution >= 4 is 39.5 Å². The first-order valence-corrected chi connectivity index (χ1v) is 6.94. The average Bonchev–Trinajstić information content (AvgIpc) is 2.77. The topological polar surface area (TPSA) is 81.5 Å². The van der Waals surface area contributed by atoms with Crippen LogP contribution in [0.1, 0.15) is 19.3 Å². The minimum Gasteiger partial charge on any atom is -0.300 e. The Hall–Kier alpha value is -1.24. The number of hydrogen-bond donors (Lipinski definition) is 1. The molecule has 2 saturated heterocycles. The summed E-state index contributed by atoms with van der Waals surface area (Å²) in [5.74, 6) is -0.785. The molecule has 98 valence electrons. The monoisotopic (exact) mass is 315 g/mol. The molecule has 3 amide bonds. The van der Waals surface area contributed by atoms with Crippen molar-refractivity contribution in [3.8, 4) is 0 Å². The van der Waals surface area contributed by atoms with Gasteiger partial charge in [-0.1, -0.05) is 15.9 Å². The second-order valence-corrected chi connectivity index (χ2v) is 5.22. The van der Waals surface area contributed by atoms with Crippen LogP contribution in [0.3, 0.4) is 0 Å². The second-order valence-electron chi connectivity index (χ2n) is 4.42. The molecule has 0 aliphatic carbocycles. The first-order chi connectivity index (χ1) is 8.54. The Labute approximate surface area is 113 Å². The van der Waals surface area contributed by atoms with Crippen molar-refractivity contribution in [1.29, 1.82) is 5.41 Å². The van der Waals surface area contributed by atoms with Gasteiger partial charge in [-0.3, -0.25) is 29.6 Å². The highest BCUT2D eigenvalue weighted by Gasteiger charge is 2.41. The van der Waals surface area contributed by atoms with Crippen LogP contribution in [0.25, 0.3) is 0 Å². The lowest BCUT2D eigenvalue weighted by molar-refractivity contribution is -0.139. The Bertz CT molecular complexity index is 408. The van der Waals surface area contributed by atoms with Crippen LogP contribution in [0, 0.1) is 11.3 Å². The molecule has 6 nitrogen and oxygen atoms in total. The number of halogens is 1. The van der Waals surface area contributed by atoms with Crippen LogP contribution in [-0.4, -0.2) is 51.8 Å². The van der Waals surface area contributed by atoms with E-state index in [9.17, 15) is 14.4 Å². The van der Waals surface area contributed by atoms with Crippen LogP contribution in [0.15, 0.2) is 0 Å². The van der Waals surface area contributed by atoms with E-state index in [0.717, 1.165) is 0 Å². The normalized spacial score (nSPS) is 24.6. The quantitative estimate of drug-likeness (QED) is 0.600. The van der Waals surface area contributed by atoms with E-state index in [1.54, 1.807) is 0 Å². The van der Waals surface area contributed by atoms with Gasteiger partial charge in [0.05, 0.1) is 5.92 Å². The summed E-state index contributed by atoms with van der Waals surface area (Å²) in [6.07, 6.45) is 0.903. The Morgan fingerprint density at radius 3 is 2.44 bits per heavy atom. The molecule has 2 rings (SSSR count). The van der Waals surface area contributed by atoms with E-state index in [-0.39, 0.29) is 36.5 Å². The molecule has 0 aromatic carbocycles. The number of carbonyl (C=O) groups excluding carboxylic acids is 3. The zero-order valence-electron chi connectivity index (χ0n) is 9.82. The molecule has 1 atom stereocenters. The summed E-state index contributed by atoms with van der Waals surface area (Å²) in [4.78, 5) is 37.7. The minimum absolute atomic E-state index is 0.126. The van der Waals surface area contributed by atoms with Gasteiger partial charge >= 0.3 is 0 Å². The molecule has 0 aromatic rings. The fourth-order valence-electron chi connectivity index (χ4n) is 2.29. The van der Waals surface area contributed by atoms with Gasteiger partial charge in [-0.15, -0.1) is 0 Å². The standard InChI is InChI=1S/C11H14BrN3O3/c12-3-4-14-10(17)5-7(11(14)18)6-15-8(13)1-2-9(15)16/h7,13H,1-6H2. The molecule has 2 aliphatic heterocycles. The van der Waals surface area contributed by atoms with Gasteiger partial charge in [0.2, 0.25) is 17.7 Å². The lowest BCUT2D eigenvalue weighted by Gasteiger charge is -2.19. The lowest BCUT2D eigenvalue weighted by atomic mass is 10.1. The summed E-state index contributed by atoms with van der Waals surface area (Å²) < 4.78 is 0. The van der Waals surface area contributed by atoms with Gasteiger partial charge in [-0.25, -0.2) is 0 Å². The molecule has 0 radical (unpaired) electrons. The van der Waals surface area contributed by atoms with Crippen LogP contribution in [-0.2, 0) is 14.4 Å². The van der Waals surface area contributed by atoms with Gasteiger partial charge in [-0.2, -0.15) is 0 Å². The molecule has 0 saturated carbocycles. The van der Waals surface area contributed by atoms with Gasteiger partial charge in [-0.05, 0) is 0 Å². The van der Waals surface area contributed by atoms with E-state index >= 15 is 0 Å². The van der Waals surface area contributed by atoms with E-state index in [2.05, 4.69) is 15.9 Å². The van der Waals surface area contributed by atoms with Gasteiger partial charge in [0, 0.05) is 37.7 Å². The number of rotatable bonds is 4. The molecule has 1 N–H and O–H groups in total. The number of likely N-dealkylation sites (tertiary alicyclic amines) is 2. The average molecular weight is 316 g/mol. The molecule has 2 fully saturated rings. The fourth-order valence-corrected chi connectivity index (χ4v) is 2.65. The van der Waals surface area contributed by atoms with Gasteiger partial charge in [0.1, 0.15) is 5.84 Å². The number of alkyl halides is 1. The first kappa shape index (κ1) is 13.2. The zero-order valence-corrected chi connectivity index (χ0v) is 11.4. The number of nitrogens with one attached hydrogen (secondary N) is 1. The molecular weight excluding hydrogens is 302 g/mol. The Balaban J connectivity index is 2.03. The van der Waals surface area contributed by atoms with E-state index < -0.39 is 5.92 Å². The van der Waals surface area contributed by atoms with E-state index in [1.807, 2.05) is 0 Å². The van der Waals surface area contributed by atoms with Crippen LogP contribution in [0.4, 0.5) is 0 Å². The van der Waals surface area contributed by atoms with Crippen molar-refractivity contribution in [1.82, 2.24) is 9.80 Å². The maximum absolute atomic E-state index is 12.0. The van der Waals surface area contributed by atoms with E-state index in [4.69, 9.17) is 5.41 Å². The second kappa shape index (κ2) is 5.17. The minimum atomic E-state index is -0.487. The third-order valence-corrected chi connectivity index (χ3v) is 3.61. The van der Waals surface area contributed by atoms with E-state index in [1.165, 1.54) is 9.80 Å². The van der Waals surface area contributed by atoms with Crippen molar-refractivity contribution in [3.05, 3.63) is 0 Å². The predicted octanol–water partition coefficient (Wildman–Crippen LogP) is 0.356. The summed E-state index contributed by atoms with van der Waals surface area (Å²) in [6.45, 7) is 0.528.